The number of aryl methyl sites for hydroxylation is 2. The highest BCUT2D eigenvalue weighted by Gasteiger charge is 2.26. The van der Waals surface area contributed by atoms with Crippen LogP contribution < -0.4 is 16.2 Å². The highest BCUT2D eigenvalue weighted by molar-refractivity contribution is 7.19. The normalized spacial score (nSPS) is 10.7. The van der Waals surface area contributed by atoms with E-state index in [1.165, 1.54) is 37.4 Å². The summed E-state index contributed by atoms with van der Waals surface area (Å²) in [6, 6.07) is 12.3. The van der Waals surface area contributed by atoms with Gasteiger partial charge in [0.05, 0.1) is 12.7 Å². The number of carbonyl (C=O) groups is 3. The molecule has 0 saturated heterocycles. The quantitative estimate of drug-likeness (QED) is 0.386. The van der Waals surface area contributed by atoms with Crippen molar-refractivity contribution in [1.82, 2.24) is 9.38 Å². The molecule has 0 bridgehead atoms. The lowest BCUT2D eigenvalue weighted by atomic mass is 10.2. The predicted molar refractivity (Wildman–Crippen MR) is 134 cm³/mol. The second-order valence-electron chi connectivity index (χ2n) is 7.57. The van der Waals surface area contributed by atoms with Crippen molar-refractivity contribution in [3.05, 3.63) is 91.3 Å². The molecule has 0 saturated carbocycles. The maximum Gasteiger partial charge on any atom is 0.337 e. The van der Waals surface area contributed by atoms with Crippen LogP contribution in [0.15, 0.2) is 53.3 Å². The van der Waals surface area contributed by atoms with Gasteiger partial charge in [-0.3, -0.25) is 14.4 Å². The van der Waals surface area contributed by atoms with Crippen molar-refractivity contribution in [2.24, 2.45) is 0 Å². The molecule has 2 amide bonds. The van der Waals surface area contributed by atoms with Gasteiger partial charge < -0.3 is 15.4 Å². The molecule has 0 aliphatic heterocycles. The number of fused-ring (bicyclic) bond motifs is 1. The molecule has 0 spiro atoms. The molecule has 2 N–H and O–H groups in total. The van der Waals surface area contributed by atoms with E-state index in [2.05, 4.69) is 20.4 Å². The number of thiazole rings is 1. The number of hydrogen-bond acceptors (Lipinski definition) is 7. The Balaban J connectivity index is 1.73. The van der Waals surface area contributed by atoms with E-state index < -0.39 is 23.3 Å². The summed E-state index contributed by atoms with van der Waals surface area (Å²) in [6.45, 7) is 3.48. The van der Waals surface area contributed by atoms with Gasteiger partial charge in [-0.1, -0.05) is 29.0 Å². The first kappa shape index (κ1) is 24.1. The molecule has 0 fully saturated rings. The third-order valence-electron chi connectivity index (χ3n) is 5.06. The fraction of sp³-hybridized carbons (Fsp3) is 0.125. The van der Waals surface area contributed by atoms with Crippen LogP contribution in [0.4, 0.5) is 11.4 Å². The van der Waals surface area contributed by atoms with Gasteiger partial charge in [-0.15, -0.1) is 0 Å². The van der Waals surface area contributed by atoms with Gasteiger partial charge in [0.1, 0.15) is 10.6 Å². The molecule has 0 unspecified atom stereocenters. The van der Waals surface area contributed by atoms with Crippen molar-refractivity contribution in [3.8, 4) is 0 Å². The monoisotopic (exact) mass is 510 g/mol. The fourth-order valence-electron chi connectivity index (χ4n) is 3.30. The van der Waals surface area contributed by atoms with E-state index in [4.69, 9.17) is 11.6 Å². The predicted octanol–water partition coefficient (Wildman–Crippen LogP) is 4.32. The number of amides is 2. The minimum atomic E-state index is -0.671. The Hall–Kier alpha value is -4.02. The fourth-order valence-corrected chi connectivity index (χ4v) is 4.55. The zero-order valence-electron chi connectivity index (χ0n) is 18.8. The lowest BCUT2D eigenvalue weighted by Crippen LogP contribution is -2.25. The van der Waals surface area contributed by atoms with Gasteiger partial charge in [0.15, 0.2) is 4.96 Å². The zero-order valence-corrected chi connectivity index (χ0v) is 20.4. The molecular weight excluding hydrogens is 492 g/mol. The number of carbonyl (C=O) groups excluding carboxylic acids is 3. The third-order valence-corrected chi connectivity index (χ3v) is 6.51. The van der Waals surface area contributed by atoms with Gasteiger partial charge in [-0.05, 0) is 55.8 Å². The number of benzene rings is 2. The number of hydrogen-bond donors (Lipinski definition) is 2. The summed E-state index contributed by atoms with van der Waals surface area (Å²) >= 11 is 7.08. The minimum absolute atomic E-state index is 0.00652. The van der Waals surface area contributed by atoms with Crippen LogP contribution in [0, 0.1) is 13.8 Å². The van der Waals surface area contributed by atoms with Crippen molar-refractivity contribution in [2.75, 3.05) is 17.7 Å². The number of ether oxygens (including phenoxy) is 1. The van der Waals surface area contributed by atoms with Gasteiger partial charge in [0.25, 0.3) is 17.4 Å². The van der Waals surface area contributed by atoms with Crippen LogP contribution in [-0.2, 0) is 4.74 Å². The van der Waals surface area contributed by atoms with Crippen molar-refractivity contribution >= 4 is 57.1 Å². The second kappa shape index (κ2) is 9.69. The number of aromatic nitrogens is 2. The summed E-state index contributed by atoms with van der Waals surface area (Å²) in [5, 5.41) is 5.84. The SMILES string of the molecule is COC(=O)c1ccc(NC(=O)c2sc3nc(C)cc(=O)n3c2C(=O)Nc2ccc(C)c(Cl)c2)cc1. The average Bonchev–Trinajstić information content (AvgIpc) is 3.21. The number of anilines is 2. The first-order valence-corrected chi connectivity index (χ1v) is 11.5. The van der Waals surface area contributed by atoms with Crippen LogP contribution in [-0.4, -0.2) is 34.3 Å². The summed E-state index contributed by atoms with van der Waals surface area (Å²) in [5.41, 5.74) is 1.76. The highest BCUT2D eigenvalue weighted by Crippen LogP contribution is 2.25. The molecule has 2 aromatic heterocycles. The molecular formula is C24H19ClN4O5S. The van der Waals surface area contributed by atoms with Crippen molar-refractivity contribution in [1.29, 1.82) is 0 Å². The zero-order chi connectivity index (χ0) is 25.3. The topological polar surface area (TPSA) is 119 Å². The Labute approximate surface area is 208 Å². The van der Waals surface area contributed by atoms with E-state index in [1.807, 2.05) is 6.92 Å². The first-order valence-electron chi connectivity index (χ1n) is 10.3. The third kappa shape index (κ3) is 4.93. The number of nitrogens with zero attached hydrogens (tertiary/aromatic N) is 2. The number of esters is 1. The number of nitrogens with one attached hydrogen (secondary N) is 2. The number of rotatable bonds is 5. The molecule has 9 nitrogen and oxygen atoms in total. The molecule has 35 heavy (non-hydrogen) atoms. The summed E-state index contributed by atoms with van der Waals surface area (Å²) in [4.78, 5) is 55.4. The molecule has 0 aliphatic carbocycles. The summed E-state index contributed by atoms with van der Waals surface area (Å²) < 4.78 is 5.78. The van der Waals surface area contributed by atoms with Gasteiger partial charge in [0.2, 0.25) is 0 Å². The van der Waals surface area contributed by atoms with E-state index >= 15 is 0 Å². The summed E-state index contributed by atoms with van der Waals surface area (Å²) in [7, 11) is 1.27. The van der Waals surface area contributed by atoms with Crippen LogP contribution in [0.3, 0.4) is 0 Å². The molecule has 0 atom stereocenters. The second-order valence-corrected chi connectivity index (χ2v) is 8.96. The summed E-state index contributed by atoms with van der Waals surface area (Å²) in [5.74, 6) is -1.80. The molecule has 2 heterocycles. The standard InChI is InChI=1S/C24H19ClN4O5S/c1-12-4-7-16(11-17(12)25)28-21(31)19-20(35-24-26-13(2)10-18(30)29(19)24)22(32)27-15-8-5-14(6-9-15)23(33)34-3/h4-11H,1-3H3,(H,27,32)(H,28,31). The van der Waals surface area contributed by atoms with Gasteiger partial charge in [-0.25, -0.2) is 14.2 Å². The Kier molecular flexibility index (Phi) is 6.68. The lowest BCUT2D eigenvalue weighted by molar-refractivity contribution is 0.0600. The molecule has 0 radical (unpaired) electrons. The Bertz CT molecular complexity index is 1540. The van der Waals surface area contributed by atoms with Crippen LogP contribution in [0.1, 0.15) is 41.8 Å². The summed E-state index contributed by atoms with van der Waals surface area (Å²) in [6.07, 6.45) is 0. The lowest BCUT2D eigenvalue weighted by Gasteiger charge is -2.09. The maximum atomic E-state index is 13.3. The van der Waals surface area contributed by atoms with Crippen LogP contribution >= 0.6 is 22.9 Å². The minimum Gasteiger partial charge on any atom is -0.465 e. The van der Waals surface area contributed by atoms with Gasteiger partial charge >= 0.3 is 5.97 Å². The molecule has 4 aromatic rings. The Morgan fingerprint density at radius 1 is 0.971 bits per heavy atom. The smallest absolute Gasteiger partial charge is 0.337 e. The Morgan fingerprint density at radius 3 is 2.29 bits per heavy atom. The van der Waals surface area contributed by atoms with Crippen LogP contribution in [0.25, 0.3) is 4.96 Å². The molecule has 4 rings (SSSR count). The van der Waals surface area contributed by atoms with E-state index in [0.717, 1.165) is 21.3 Å². The average molecular weight is 511 g/mol. The first-order chi connectivity index (χ1) is 16.7. The highest BCUT2D eigenvalue weighted by atomic mass is 35.5. The molecule has 11 heteroatoms. The van der Waals surface area contributed by atoms with Crippen molar-refractivity contribution in [3.63, 3.8) is 0 Å². The van der Waals surface area contributed by atoms with Gasteiger partial charge in [-0.2, -0.15) is 0 Å². The maximum absolute atomic E-state index is 13.3. The van der Waals surface area contributed by atoms with E-state index in [-0.39, 0.29) is 15.5 Å². The van der Waals surface area contributed by atoms with E-state index in [0.29, 0.717) is 27.7 Å². The van der Waals surface area contributed by atoms with Crippen LogP contribution in [0.2, 0.25) is 5.02 Å². The largest absolute Gasteiger partial charge is 0.465 e. The van der Waals surface area contributed by atoms with Crippen molar-refractivity contribution < 1.29 is 19.1 Å². The van der Waals surface area contributed by atoms with E-state index in [1.54, 1.807) is 25.1 Å². The Morgan fingerprint density at radius 2 is 1.63 bits per heavy atom. The van der Waals surface area contributed by atoms with Gasteiger partial charge in [0, 0.05) is 28.2 Å². The number of halogens is 1. The van der Waals surface area contributed by atoms with E-state index in [9.17, 15) is 19.2 Å². The molecule has 2 aromatic carbocycles. The van der Waals surface area contributed by atoms with Crippen LogP contribution in [0.5, 0.6) is 0 Å². The van der Waals surface area contributed by atoms with Crippen molar-refractivity contribution in [2.45, 2.75) is 13.8 Å². The molecule has 0 aliphatic rings. The number of methoxy groups -OCH3 is 1. The molecule has 178 valence electrons.